The maximum absolute atomic E-state index is 11.0. The van der Waals surface area contributed by atoms with Crippen LogP contribution in [-0.2, 0) is 4.79 Å². The molecule has 3 N–H and O–H groups in total. The van der Waals surface area contributed by atoms with E-state index in [1.54, 1.807) is 6.07 Å². The number of aromatic carboxylic acids is 1. The maximum Gasteiger partial charge on any atom is 0.371 e. The third-order valence-electron chi connectivity index (χ3n) is 2.75. The number of nitrogens with two attached hydrogens (primary N) is 1. The molecule has 6 heteroatoms. The molecule has 0 bridgehead atoms. The number of hydrogen-bond donors (Lipinski definition) is 2. The molecule has 6 nitrogen and oxygen atoms in total. The van der Waals surface area contributed by atoms with E-state index in [1.165, 1.54) is 6.07 Å². The summed E-state index contributed by atoms with van der Waals surface area (Å²) in [5.74, 6) is -1.15. The quantitative estimate of drug-likeness (QED) is 0.796. The molecule has 0 aliphatic carbocycles. The van der Waals surface area contributed by atoms with Crippen LogP contribution in [0.5, 0.6) is 0 Å². The molecule has 100 valence electrons. The van der Waals surface area contributed by atoms with E-state index in [9.17, 15) is 9.59 Å². The van der Waals surface area contributed by atoms with Gasteiger partial charge in [-0.2, -0.15) is 0 Å². The third kappa shape index (κ3) is 3.33. The van der Waals surface area contributed by atoms with Crippen LogP contribution in [0.1, 0.15) is 43.1 Å². The zero-order valence-corrected chi connectivity index (χ0v) is 10.7. The first-order valence-corrected chi connectivity index (χ1v) is 5.70. The Labute approximate surface area is 105 Å². The first-order chi connectivity index (χ1) is 8.32. The molecule has 0 aromatic carbocycles. The Morgan fingerprint density at radius 3 is 2.39 bits per heavy atom. The fourth-order valence-electron chi connectivity index (χ4n) is 1.80. The molecule has 0 radical (unpaired) electrons. The monoisotopic (exact) mass is 254 g/mol. The summed E-state index contributed by atoms with van der Waals surface area (Å²) in [6.07, 6.45) is 0. The first kappa shape index (κ1) is 14.2. The maximum atomic E-state index is 11.0. The zero-order chi connectivity index (χ0) is 13.9. The van der Waals surface area contributed by atoms with Crippen molar-refractivity contribution in [2.24, 2.45) is 5.73 Å². The van der Waals surface area contributed by atoms with Crippen LogP contribution in [0.25, 0.3) is 0 Å². The summed E-state index contributed by atoms with van der Waals surface area (Å²) < 4.78 is 5.23. The average molecular weight is 254 g/mol. The molecule has 0 saturated heterocycles. The molecule has 1 aromatic heterocycles. The Kier molecular flexibility index (Phi) is 4.49. The topological polar surface area (TPSA) is 96.8 Å². The Morgan fingerprint density at radius 1 is 1.39 bits per heavy atom. The Bertz CT molecular complexity index is 439. The van der Waals surface area contributed by atoms with Crippen molar-refractivity contribution in [3.05, 3.63) is 23.7 Å². The van der Waals surface area contributed by atoms with E-state index in [1.807, 2.05) is 25.7 Å². The molecular formula is C12H18N2O4. The predicted octanol–water partition coefficient (Wildman–Crippen LogP) is 1.23. The molecule has 0 aliphatic rings. The fraction of sp³-hybridized carbons (Fsp3) is 0.500. The second kappa shape index (κ2) is 5.68. The normalized spacial score (nSPS) is 12.9. The molecule has 1 unspecified atom stereocenters. The Balaban J connectivity index is 2.90. The minimum absolute atomic E-state index is 0.0888. The molecule has 1 amide bonds. The van der Waals surface area contributed by atoms with Gasteiger partial charge < -0.3 is 15.3 Å². The van der Waals surface area contributed by atoms with E-state index in [2.05, 4.69) is 0 Å². The summed E-state index contributed by atoms with van der Waals surface area (Å²) in [5, 5.41) is 8.79. The number of primary amides is 1. The van der Waals surface area contributed by atoms with Gasteiger partial charge in [0.25, 0.3) is 0 Å². The van der Waals surface area contributed by atoms with E-state index in [-0.39, 0.29) is 24.4 Å². The smallest absolute Gasteiger partial charge is 0.371 e. The summed E-state index contributed by atoms with van der Waals surface area (Å²) >= 11 is 0. The average Bonchev–Trinajstić information content (AvgIpc) is 2.73. The lowest BCUT2D eigenvalue weighted by molar-refractivity contribution is -0.120. The molecule has 18 heavy (non-hydrogen) atoms. The van der Waals surface area contributed by atoms with Gasteiger partial charge in [0.05, 0.1) is 12.6 Å². The van der Waals surface area contributed by atoms with Crippen LogP contribution in [0.3, 0.4) is 0 Å². The number of carboxylic acids is 1. The van der Waals surface area contributed by atoms with Crippen molar-refractivity contribution in [3.63, 3.8) is 0 Å². The van der Waals surface area contributed by atoms with E-state index in [0.29, 0.717) is 5.76 Å². The van der Waals surface area contributed by atoms with Crippen LogP contribution >= 0.6 is 0 Å². The number of rotatable bonds is 6. The lowest BCUT2D eigenvalue weighted by Gasteiger charge is -2.30. The third-order valence-corrected chi connectivity index (χ3v) is 2.75. The van der Waals surface area contributed by atoms with E-state index < -0.39 is 11.9 Å². The van der Waals surface area contributed by atoms with Gasteiger partial charge >= 0.3 is 5.97 Å². The van der Waals surface area contributed by atoms with Gasteiger partial charge in [-0.25, -0.2) is 4.79 Å². The van der Waals surface area contributed by atoms with Crippen molar-refractivity contribution in [1.82, 2.24) is 4.90 Å². The molecule has 0 spiro atoms. The van der Waals surface area contributed by atoms with Gasteiger partial charge in [-0.1, -0.05) is 0 Å². The Morgan fingerprint density at radius 2 is 2.00 bits per heavy atom. The van der Waals surface area contributed by atoms with Crippen LogP contribution in [0.15, 0.2) is 16.5 Å². The molecule has 1 atom stereocenters. The molecule has 0 fully saturated rings. The highest BCUT2D eigenvalue weighted by Crippen LogP contribution is 2.24. The highest BCUT2D eigenvalue weighted by molar-refractivity contribution is 5.84. The standard InChI is InChI=1S/C12H18N2O4/c1-7(2)14(6-11(13)15)8(3)9-4-5-10(18-9)12(16)17/h4-5,7-8H,6H2,1-3H3,(H2,13,15)(H,16,17). The summed E-state index contributed by atoms with van der Waals surface area (Å²) in [7, 11) is 0. The van der Waals surface area contributed by atoms with Gasteiger partial charge in [0.2, 0.25) is 11.7 Å². The zero-order valence-electron chi connectivity index (χ0n) is 10.7. The van der Waals surface area contributed by atoms with Crippen LogP contribution in [0.4, 0.5) is 0 Å². The second-order valence-corrected chi connectivity index (χ2v) is 4.42. The van der Waals surface area contributed by atoms with Crippen molar-refractivity contribution in [2.75, 3.05) is 6.54 Å². The number of carboxylic acid groups (broad SMARTS) is 1. The van der Waals surface area contributed by atoms with E-state index in [0.717, 1.165) is 0 Å². The van der Waals surface area contributed by atoms with Crippen LogP contribution < -0.4 is 5.73 Å². The van der Waals surface area contributed by atoms with Gasteiger partial charge in [0.1, 0.15) is 5.76 Å². The van der Waals surface area contributed by atoms with Gasteiger partial charge in [-0.15, -0.1) is 0 Å². The first-order valence-electron chi connectivity index (χ1n) is 5.70. The predicted molar refractivity (Wildman–Crippen MR) is 65.1 cm³/mol. The summed E-state index contributed by atoms with van der Waals surface area (Å²) in [6.45, 7) is 5.80. The second-order valence-electron chi connectivity index (χ2n) is 4.42. The van der Waals surface area contributed by atoms with Crippen molar-refractivity contribution in [3.8, 4) is 0 Å². The summed E-state index contributed by atoms with van der Waals surface area (Å²) in [5.41, 5.74) is 5.20. The van der Waals surface area contributed by atoms with E-state index >= 15 is 0 Å². The fourth-order valence-corrected chi connectivity index (χ4v) is 1.80. The highest BCUT2D eigenvalue weighted by Gasteiger charge is 2.23. The molecule has 1 heterocycles. The molecule has 1 aromatic rings. The molecular weight excluding hydrogens is 236 g/mol. The van der Waals surface area contributed by atoms with Crippen molar-refractivity contribution in [1.29, 1.82) is 0 Å². The summed E-state index contributed by atoms with van der Waals surface area (Å²) in [6, 6.07) is 2.87. The molecule has 0 aliphatic heterocycles. The number of hydrogen-bond acceptors (Lipinski definition) is 4. The van der Waals surface area contributed by atoms with Crippen LogP contribution in [0.2, 0.25) is 0 Å². The Hall–Kier alpha value is -1.82. The summed E-state index contributed by atoms with van der Waals surface area (Å²) in [4.78, 5) is 23.6. The number of nitrogens with zero attached hydrogens (tertiary/aromatic N) is 1. The number of carbonyl (C=O) groups excluding carboxylic acids is 1. The van der Waals surface area contributed by atoms with E-state index in [4.69, 9.17) is 15.3 Å². The molecule has 1 rings (SSSR count). The van der Waals surface area contributed by atoms with Gasteiger partial charge in [-0.3, -0.25) is 9.69 Å². The van der Waals surface area contributed by atoms with Crippen molar-refractivity contribution in [2.45, 2.75) is 32.9 Å². The minimum atomic E-state index is -1.11. The lowest BCUT2D eigenvalue weighted by atomic mass is 10.1. The van der Waals surface area contributed by atoms with Crippen LogP contribution in [-0.4, -0.2) is 34.5 Å². The van der Waals surface area contributed by atoms with Gasteiger partial charge in [-0.05, 0) is 32.9 Å². The number of furan rings is 1. The highest BCUT2D eigenvalue weighted by atomic mass is 16.4. The number of amides is 1. The van der Waals surface area contributed by atoms with Crippen molar-refractivity contribution < 1.29 is 19.1 Å². The molecule has 0 saturated carbocycles. The lowest BCUT2D eigenvalue weighted by Crippen LogP contribution is -2.40. The van der Waals surface area contributed by atoms with Crippen molar-refractivity contribution >= 4 is 11.9 Å². The van der Waals surface area contributed by atoms with Crippen LogP contribution in [0, 0.1) is 0 Å². The number of carbonyl (C=O) groups is 2. The van der Waals surface area contributed by atoms with Gasteiger partial charge in [0.15, 0.2) is 0 Å². The van der Waals surface area contributed by atoms with Gasteiger partial charge in [0, 0.05) is 6.04 Å². The largest absolute Gasteiger partial charge is 0.475 e. The minimum Gasteiger partial charge on any atom is -0.475 e. The SMILES string of the molecule is CC(C)N(CC(N)=O)C(C)c1ccc(C(=O)O)o1.